The third kappa shape index (κ3) is 2.43. The molecule has 0 bridgehead atoms. The molecule has 2 aromatic rings. The summed E-state index contributed by atoms with van der Waals surface area (Å²) in [5.74, 6) is -0.715. The second-order valence-corrected chi connectivity index (χ2v) is 6.57. The van der Waals surface area contributed by atoms with E-state index < -0.39 is 5.97 Å². The van der Waals surface area contributed by atoms with Gasteiger partial charge in [0.1, 0.15) is 0 Å². The standard InChI is InChI=1S/C13H12O2Se/c1-9(13(14)15)16-12-7-6-10-4-2-3-5-11(10)8-12/h2-9H,1H3,(H,14,15). The zero-order valence-corrected chi connectivity index (χ0v) is 10.6. The number of rotatable bonds is 3. The Labute approximate surface area is 100 Å². The molecule has 3 heteroatoms. The summed E-state index contributed by atoms with van der Waals surface area (Å²) in [6, 6.07) is 14.3. The molecule has 0 aliphatic carbocycles. The SMILES string of the molecule is CC([Se]c1ccc2ccccc2c1)C(=O)O. The molecule has 1 N–H and O–H groups in total. The van der Waals surface area contributed by atoms with Gasteiger partial charge in [-0.1, -0.05) is 0 Å². The Morgan fingerprint density at radius 1 is 1.19 bits per heavy atom. The first-order valence-corrected chi connectivity index (χ1v) is 6.89. The van der Waals surface area contributed by atoms with Crippen LogP contribution in [0.3, 0.4) is 0 Å². The quantitative estimate of drug-likeness (QED) is 0.873. The zero-order chi connectivity index (χ0) is 11.5. The van der Waals surface area contributed by atoms with Gasteiger partial charge in [-0.2, -0.15) is 0 Å². The Balaban J connectivity index is 2.29. The number of fused-ring (bicyclic) bond motifs is 1. The van der Waals surface area contributed by atoms with E-state index in [0.717, 1.165) is 4.46 Å². The van der Waals surface area contributed by atoms with Crippen LogP contribution in [-0.4, -0.2) is 26.0 Å². The van der Waals surface area contributed by atoms with Gasteiger partial charge in [-0.25, -0.2) is 0 Å². The Bertz CT molecular complexity index is 522. The van der Waals surface area contributed by atoms with Gasteiger partial charge in [-0.15, -0.1) is 0 Å². The van der Waals surface area contributed by atoms with Crippen LogP contribution in [-0.2, 0) is 4.79 Å². The number of hydrogen-bond acceptors (Lipinski definition) is 1. The van der Waals surface area contributed by atoms with E-state index in [1.54, 1.807) is 6.92 Å². The Kier molecular flexibility index (Phi) is 3.28. The summed E-state index contributed by atoms with van der Waals surface area (Å²) in [5, 5.41) is 11.3. The van der Waals surface area contributed by atoms with Gasteiger partial charge in [0, 0.05) is 0 Å². The summed E-state index contributed by atoms with van der Waals surface area (Å²) >= 11 is -0.00410. The average molecular weight is 279 g/mol. The van der Waals surface area contributed by atoms with E-state index in [1.165, 1.54) is 10.8 Å². The van der Waals surface area contributed by atoms with E-state index in [9.17, 15) is 4.79 Å². The molecule has 82 valence electrons. The first-order valence-electron chi connectivity index (χ1n) is 5.05. The molecule has 0 radical (unpaired) electrons. The van der Waals surface area contributed by atoms with Gasteiger partial charge in [0.05, 0.1) is 0 Å². The Morgan fingerprint density at radius 3 is 2.56 bits per heavy atom. The molecule has 0 amide bonds. The number of carboxylic acids is 1. The van der Waals surface area contributed by atoms with Gasteiger partial charge in [0.2, 0.25) is 0 Å². The van der Waals surface area contributed by atoms with Crippen LogP contribution < -0.4 is 4.46 Å². The predicted molar refractivity (Wildman–Crippen MR) is 66.4 cm³/mol. The summed E-state index contributed by atoms with van der Waals surface area (Å²) < 4.78 is 1.14. The first kappa shape index (κ1) is 11.2. The number of carbonyl (C=O) groups is 1. The van der Waals surface area contributed by atoms with Crippen molar-refractivity contribution >= 4 is 36.2 Å². The van der Waals surface area contributed by atoms with E-state index in [-0.39, 0.29) is 19.8 Å². The Hall–Kier alpha value is -1.31. The fourth-order valence-corrected chi connectivity index (χ4v) is 3.28. The number of carboxylic acid groups (broad SMARTS) is 1. The molecule has 0 aromatic heterocycles. The van der Waals surface area contributed by atoms with Gasteiger partial charge in [-0.05, 0) is 0 Å². The second-order valence-electron chi connectivity index (χ2n) is 3.61. The number of benzene rings is 2. The molecule has 0 heterocycles. The van der Waals surface area contributed by atoms with Gasteiger partial charge in [0.25, 0.3) is 0 Å². The van der Waals surface area contributed by atoms with Crippen LogP contribution in [0, 0.1) is 0 Å². The van der Waals surface area contributed by atoms with Crippen LogP contribution in [0.2, 0.25) is 4.82 Å². The molecule has 0 saturated carbocycles. The van der Waals surface area contributed by atoms with Crippen LogP contribution in [0.25, 0.3) is 10.8 Å². The molecule has 0 aliphatic heterocycles. The summed E-state index contributed by atoms with van der Waals surface area (Å²) in [6.45, 7) is 1.76. The van der Waals surface area contributed by atoms with Crippen LogP contribution in [0.15, 0.2) is 42.5 Å². The molecule has 2 aromatic carbocycles. The van der Waals surface area contributed by atoms with Crippen molar-refractivity contribution < 1.29 is 9.90 Å². The van der Waals surface area contributed by atoms with Crippen molar-refractivity contribution in [1.82, 2.24) is 0 Å². The van der Waals surface area contributed by atoms with E-state index in [1.807, 2.05) is 18.2 Å². The average Bonchev–Trinajstić information content (AvgIpc) is 2.28. The molecule has 2 rings (SSSR count). The van der Waals surface area contributed by atoms with Crippen molar-refractivity contribution in [2.75, 3.05) is 0 Å². The van der Waals surface area contributed by atoms with Gasteiger partial charge < -0.3 is 0 Å². The van der Waals surface area contributed by atoms with E-state index in [2.05, 4.69) is 24.3 Å². The first-order chi connectivity index (χ1) is 7.66. The van der Waals surface area contributed by atoms with E-state index >= 15 is 0 Å². The summed E-state index contributed by atoms with van der Waals surface area (Å²) in [5.41, 5.74) is 0. The van der Waals surface area contributed by atoms with Gasteiger partial charge in [0.15, 0.2) is 0 Å². The van der Waals surface area contributed by atoms with Crippen molar-refractivity contribution in [2.24, 2.45) is 0 Å². The predicted octanol–water partition coefficient (Wildman–Crippen LogP) is 2.06. The molecular weight excluding hydrogens is 267 g/mol. The fraction of sp³-hybridized carbons (Fsp3) is 0.154. The van der Waals surface area contributed by atoms with E-state index in [0.29, 0.717) is 0 Å². The second kappa shape index (κ2) is 4.69. The normalized spacial score (nSPS) is 12.6. The fourth-order valence-electron chi connectivity index (χ4n) is 1.50. The van der Waals surface area contributed by atoms with Gasteiger partial charge >= 0.3 is 100 Å². The van der Waals surface area contributed by atoms with Crippen molar-refractivity contribution in [3.63, 3.8) is 0 Å². The third-order valence-corrected chi connectivity index (χ3v) is 4.65. The van der Waals surface area contributed by atoms with Crippen molar-refractivity contribution in [2.45, 2.75) is 11.7 Å². The summed E-state index contributed by atoms with van der Waals surface area (Å²) in [4.78, 5) is 10.5. The molecule has 2 nitrogen and oxygen atoms in total. The van der Waals surface area contributed by atoms with Gasteiger partial charge in [-0.3, -0.25) is 0 Å². The molecule has 1 unspecified atom stereocenters. The van der Waals surface area contributed by atoms with E-state index in [4.69, 9.17) is 5.11 Å². The molecule has 0 spiro atoms. The molecule has 0 fully saturated rings. The zero-order valence-electron chi connectivity index (χ0n) is 8.88. The topological polar surface area (TPSA) is 37.3 Å². The van der Waals surface area contributed by atoms with Crippen molar-refractivity contribution in [3.05, 3.63) is 42.5 Å². The third-order valence-electron chi connectivity index (χ3n) is 2.38. The maximum atomic E-state index is 10.8. The molecule has 0 saturated heterocycles. The minimum absolute atomic E-state index is 0.00410. The molecular formula is C13H12O2Se. The molecule has 0 aliphatic rings. The van der Waals surface area contributed by atoms with Crippen molar-refractivity contribution in [3.8, 4) is 0 Å². The Morgan fingerprint density at radius 2 is 1.88 bits per heavy atom. The molecule has 16 heavy (non-hydrogen) atoms. The van der Waals surface area contributed by atoms with Crippen molar-refractivity contribution in [1.29, 1.82) is 0 Å². The monoisotopic (exact) mass is 280 g/mol. The van der Waals surface area contributed by atoms with Crippen LogP contribution in [0.5, 0.6) is 0 Å². The van der Waals surface area contributed by atoms with Crippen LogP contribution in [0.4, 0.5) is 0 Å². The number of hydrogen-bond donors (Lipinski definition) is 1. The summed E-state index contributed by atoms with van der Waals surface area (Å²) in [6.07, 6.45) is 0. The molecule has 1 atom stereocenters. The minimum atomic E-state index is -0.715. The van der Waals surface area contributed by atoms with Crippen LogP contribution >= 0.6 is 0 Å². The maximum absolute atomic E-state index is 10.8. The number of aliphatic carboxylic acids is 1. The van der Waals surface area contributed by atoms with Crippen LogP contribution in [0.1, 0.15) is 6.92 Å². The summed E-state index contributed by atoms with van der Waals surface area (Å²) in [7, 11) is 0.